The van der Waals surface area contributed by atoms with Crippen molar-refractivity contribution in [2.75, 3.05) is 30.8 Å². The van der Waals surface area contributed by atoms with Gasteiger partial charge < -0.3 is 19.7 Å². The van der Waals surface area contributed by atoms with Crippen LogP contribution in [0.1, 0.15) is 19.4 Å². The Morgan fingerprint density at radius 2 is 1.47 bits per heavy atom. The fourth-order valence-electron chi connectivity index (χ4n) is 3.75. The van der Waals surface area contributed by atoms with Crippen LogP contribution in [0.5, 0.6) is 17.2 Å². The van der Waals surface area contributed by atoms with Crippen molar-refractivity contribution in [2.45, 2.75) is 26.4 Å². The maximum atomic E-state index is 13.5. The molecule has 0 aromatic heterocycles. The molecule has 0 heterocycles. The Balaban J connectivity index is 1.85. The smallest absolute Gasteiger partial charge is 0.244 e. The Hall–Kier alpha value is -4.05. The first kappa shape index (κ1) is 28.5. The van der Waals surface area contributed by atoms with Gasteiger partial charge in [0.25, 0.3) is 0 Å². The number of carbonyl (C=O) groups excluding carboxylic acids is 2. The molecule has 0 saturated heterocycles. The predicted molar refractivity (Wildman–Crippen MR) is 147 cm³/mol. The minimum absolute atomic E-state index is 0.114. The summed E-state index contributed by atoms with van der Waals surface area (Å²) in [4.78, 5) is 27.6. The molecular formula is C28H33N3O6S. The summed E-state index contributed by atoms with van der Waals surface area (Å²) >= 11 is 0. The first-order valence-electron chi connectivity index (χ1n) is 12.1. The van der Waals surface area contributed by atoms with Gasteiger partial charge >= 0.3 is 0 Å². The fraction of sp³-hybridized carbons (Fsp3) is 0.286. The van der Waals surface area contributed by atoms with Gasteiger partial charge in [-0.15, -0.1) is 0 Å². The first-order valence-corrected chi connectivity index (χ1v) is 14.0. The largest absolute Gasteiger partial charge is 0.497 e. The Labute approximate surface area is 224 Å². The van der Waals surface area contributed by atoms with E-state index < -0.39 is 28.5 Å². The molecule has 3 aromatic rings. The number of rotatable bonds is 12. The lowest BCUT2D eigenvalue weighted by Crippen LogP contribution is -2.51. The van der Waals surface area contributed by atoms with E-state index in [2.05, 4.69) is 5.32 Å². The van der Waals surface area contributed by atoms with Crippen molar-refractivity contribution >= 4 is 27.5 Å². The van der Waals surface area contributed by atoms with E-state index in [1.165, 1.54) is 4.90 Å². The number of benzene rings is 3. The van der Waals surface area contributed by atoms with Gasteiger partial charge in [0.2, 0.25) is 21.8 Å². The van der Waals surface area contributed by atoms with Crippen molar-refractivity contribution in [1.82, 2.24) is 10.2 Å². The second kappa shape index (κ2) is 13.0. The minimum Gasteiger partial charge on any atom is -0.497 e. The van der Waals surface area contributed by atoms with Crippen LogP contribution in [0.15, 0.2) is 78.9 Å². The number of hydrogen-bond donors (Lipinski definition) is 1. The van der Waals surface area contributed by atoms with Crippen molar-refractivity contribution in [3.63, 3.8) is 0 Å². The molecule has 0 spiro atoms. The average molecular weight is 540 g/mol. The molecule has 1 atom stereocenters. The number of nitrogens with zero attached hydrogens (tertiary/aromatic N) is 2. The number of likely N-dealkylation sites (N-methyl/N-ethyl adjacent to an activating group) is 1. The average Bonchev–Trinajstić information content (AvgIpc) is 2.91. The molecule has 3 aromatic carbocycles. The van der Waals surface area contributed by atoms with Crippen LogP contribution in [0.3, 0.4) is 0 Å². The standard InChI is InChI=1S/C28H33N3O6S/c1-5-29-28(33)21(2)30(19-22-11-15-24(36-3)16-12-22)27(32)20-31(38(4,34)35)23-13-17-26(18-14-23)37-25-9-7-6-8-10-25/h6-18,21H,5,19-20H2,1-4H3,(H,29,33). The van der Waals surface area contributed by atoms with E-state index in [1.807, 2.05) is 30.3 Å². The topological polar surface area (TPSA) is 105 Å². The molecule has 202 valence electrons. The maximum Gasteiger partial charge on any atom is 0.244 e. The van der Waals surface area contributed by atoms with Crippen LogP contribution in [-0.2, 0) is 26.2 Å². The molecule has 3 rings (SSSR count). The van der Waals surface area contributed by atoms with Crippen LogP contribution in [0.2, 0.25) is 0 Å². The molecule has 1 N–H and O–H groups in total. The van der Waals surface area contributed by atoms with Gasteiger partial charge in [-0.1, -0.05) is 30.3 Å². The van der Waals surface area contributed by atoms with Crippen LogP contribution in [-0.4, -0.2) is 57.6 Å². The quantitative estimate of drug-likeness (QED) is 0.375. The Kier molecular flexibility index (Phi) is 9.72. The highest BCUT2D eigenvalue weighted by Crippen LogP contribution is 2.26. The lowest BCUT2D eigenvalue weighted by atomic mass is 10.1. The molecule has 2 amide bonds. The summed E-state index contributed by atoms with van der Waals surface area (Å²) in [7, 11) is -2.27. The highest BCUT2D eigenvalue weighted by Gasteiger charge is 2.30. The summed E-state index contributed by atoms with van der Waals surface area (Å²) < 4.78 is 37.5. The molecule has 0 aliphatic carbocycles. The molecule has 0 bridgehead atoms. The van der Waals surface area contributed by atoms with E-state index in [0.717, 1.165) is 16.1 Å². The highest BCUT2D eigenvalue weighted by molar-refractivity contribution is 7.92. The Morgan fingerprint density at radius 1 is 0.895 bits per heavy atom. The molecule has 1 unspecified atom stereocenters. The van der Waals surface area contributed by atoms with Crippen LogP contribution in [0, 0.1) is 0 Å². The van der Waals surface area contributed by atoms with Gasteiger partial charge in [-0.2, -0.15) is 0 Å². The second-order valence-electron chi connectivity index (χ2n) is 8.62. The number of carbonyl (C=O) groups is 2. The monoisotopic (exact) mass is 539 g/mol. The maximum absolute atomic E-state index is 13.5. The van der Waals surface area contributed by atoms with Gasteiger partial charge in [0.05, 0.1) is 19.1 Å². The van der Waals surface area contributed by atoms with Crippen molar-refractivity contribution in [3.05, 3.63) is 84.4 Å². The Bertz CT molecular complexity index is 1310. The summed E-state index contributed by atoms with van der Waals surface area (Å²) in [5, 5.41) is 2.73. The van der Waals surface area contributed by atoms with Gasteiger partial charge in [-0.3, -0.25) is 13.9 Å². The minimum atomic E-state index is -3.83. The van der Waals surface area contributed by atoms with Gasteiger partial charge in [0.15, 0.2) is 0 Å². The molecule has 0 aliphatic rings. The normalized spacial score (nSPS) is 11.8. The number of nitrogens with one attached hydrogen (secondary N) is 1. The molecule has 38 heavy (non-hydrogen) atoms. The first-order chi connectivity index (χ1) is 18.1. The second-order valence-corrected chi connectivity index (χ2v) is 10.5. The number of anilines is 1. The molecule has 10 heteroatoms. The van der Waals surface area contributed by atoms with Gasteiger partial charge in [0, 0.05) is 13.1 Å². The van der Waals surface area contributed by atoms with E-state index in [1.54, 1.807) is 69.5 Å². The van der Waals surface area contributed by atoms with Crippen LogP contribution in [0.4, 0.5) is 5.69 Å². The Morgan fingerprint density at radius 3 is 2.03 bits per heavy atom. The number of sulfonamides is 1. The molecule has 0 fully saturated rings. The lowest BCUT2D eigenvalue weighted by Gasteiger charge is -2.31. The molecule has 9 nitrogen and oxygen atoms in total. The van der Waals surface area contributed by atoms with Gasteiger partial charge in [-0.25, -0.2) is 8.42 Å². The zero-order valence-electron chi connectivity index (χ0n) is 22.0. The van der Waals surface area contributed by atoms with Gasteiger partial charge in [-0.05, 0) is 67.9 Å². The molecular weight excluding hydrogens is 506 g/mol. The third-order valence-corrected chi connectivity index (χ3v) is 6.95. The highest BCUT2D eigenvalue weighted by atomic mass is 32.2. The fourth-order valence-corrected chi connectivity index (χ4v) is 4.60. The zero-order valence-corrected chi connectivity index (χ0v) is 22.8. The number of hydrogen-bond acceptors (Lipinski definition) is 6. The van der Waals surface area contributed by atoms with E-state index in [-0.39, 0.29) is 12.5 Å². The van der Waals surface area contributed by atoms with E-state index >= 15 is 0 Å². The summed E-state index contributed by atoms with van der Waals surface area (Å²) in [5.74, 6) is 0.971. The van der Waals surface area contributed by atoms with E-state index in [0.29, 0.717) is 29.5 Å². The summed E-state index contributed by atoms with van der Waals surface area (Å²) in [6, 6.07) is 21.9. The SMILES string of the molecule is CCNC(=O)C(C)N(Cc1ccc(OC)cc1)C(=O)CN(c1ccc(Oc2ccccc2)cc1)S(C)(=O)=O. The van der Waals surface area contributed by atoms with E-state index in [4.69, 9.17) is 9.47 Å². The third-order valence-electron chi connectivity index (χ3n) is 5.81. The van der Waals surface area contributed by atoms with Gasteiger partial charge in [0.1, 0.15) is 29.8 Å². The number of methoxy groups -OCH3 is 1. The third kappa shape index (κ3) is 7.72. The number of para-hydroxylation sites is 1. The number of ether oxygens (including phenoxy) is 2. The van der Waals surface area contributed by atoms with Crippen molar-refractivity contribution in [2.24, 2.45) is 0 Å². The van der Waals surface area contributed by atoms with Crippen molar-refractivity contribution in [1.29, 1.82) is 0 Å². The zero-order chi connectivity index (χ0) is 27.7. The van der Waals surface area contributed by atoms with E-state index in [9.17, 15) is 18.0 Å². The number of amides is 2. The summed E-state index contributed by atoms with van der Waals surface area (Å²) in [6.07, 6.45) is 1.04. The predicted octanol–water partition coefficient (Wildman–Crippen LogP) is 3.81. The summed E-state index contributed by atoms with van der Waals surface area (Å²) in [6.45, 7) is 3.45. The molecule has 0 radical (unpaired) electrons. The summed E-state index contributed by atoms with van der Waals surface area (Å²) in [5.41, 5.74) is 1.07. The van der Waals surface area contributed by atoms with Crippen LogP contribution in [0.25, 0.3) is 0 Å². The van der Waals surface area contributed by atoms with Crippen molar-refractivity contribution < 1.29 is 27.5 Å². The lowest BCUT2D eigenvalue weighted by molar-refractivity contribution is -0.139. The van der Waals surface area contributed by atoms with Crippen LogP contribution < -0.4 is 19.1 Å². The molecule has 0 saturated carbocycles. The van der Waals surface area contributed by atoms with Crippen molar-refractivity contribution in [3.8, 4) is 17.2 Å². The van der Waals surface area contributed by atoms with Crippen LogP contribution >= 0.6 is 0 Å². The molecule has 0 aliphatic heterocycles.